The Balaban J connectivity index is 2.48. The van der Waals surface area contributed by atoms with Gasteiger partial charge in [-0.2, -0.15) is 0 Å². The highest BCUT2D eigenvalue weighted by molar-refractivity contribution is 5.71. The molecule has 18 heavy (non-hydrogen) atoms. The minimum atomic E-state index is -0.199. The third kappa shape index (κ3) is 5.19. The second-order valence-corrected chi connectivity index (χ2v) is 4.56. The number of methoxy groups -OCH3 is 1. The third-order valence-electron chi connectivity index (χ3n) is 2.35. The second kappa shape index (κ2) is 7.01. The van der Waals surface area contributed by atoms with Crippen molar-refractivity contribution in [3.63, 3.8) is 0 Å². The van der Waals surface area contributed by atoms with Gasteiger partial charge in [0.2, 0.25) is 0 Å². The Morgan fingerprint density at radius 1 is 1.39 bits per heavy atom. The summed E-state index contributed by atoms with van der Waals surface area (Å²) in [6.07, 6.45) is -0.0669. The average Bonchev–Trinajstić information content (AvgIpc) is 2.27. The van der Waals surface area contributed by atoms with Crippen molar-refractivity contribution >= 4 is 5.97 Å². The van der Waals surface area contributed by atoms with Gasteiger partial charge in [0.15, 0.2) is 0 Å². The molecule has 0 aromatic heterocycles. The molecule has 0 unspecified atom stereocenters. The maximum Gasteiger partial charge on any atom is 0.320 e. The van der Waals surface area contributed by atoms with Gasteiger partial charge in [-0.3, -0.25) is 9.69 Å². The summed E-state index contributed by atoms with van der Waals surface area (Å²) in [7, 11) is 3.53. The summed E-state index contributed by atoms with van der Waals surface area (Å²) in [5.41, 5.74) is 1.11. The predicted molar refractivity (Wildman–Crippen MR) is 70.6 cm³/mol. The fraction of sp³-hybridized carbons (Fsp3) is 0.500. The monoisotopic (exact) mass is 251 g/mol. The molecule has 0 aliphatic heterocycles. The summed E-state index contributed by atoms with van der Waals surface area (Å²) >= 11 is 0. The van der Waals surface area contributed by atoms with Gasteiger partial charge in [0.05, 0.1) is 19.8 Å². The molecular weight excluding hydrogens is 230 g/mol. The van der Waals surface area contributed by atoms with Crippen LogP contribution >= 0.6 is 0 Å². The molecule has 0 atom stereocenters. The van der Waals surface area contributed by atoms with Crippen LogP contribution in [0.25, 0.3) is 0 Å². The topological polar surface area (TPSA) is 38.8 Å². The first-order valence-corrected chi connectivity index (χ1v) is 6.02. The number of carbonyl (C=O) groups excluding carboxylic acids is 1. The number of esters is 1. The molecule has 0 heterocycles. The van der Waals surface area contributed by atoms with Gasteiger partial charge in [0, 0.05) is 6.54 Å². The van der Waals surface area contributed by atoms with Crippen molar-refractivity contribution in [2.75, 3.05) is 20.7 Å². The largest absolute Gasteiger partial charge is 0.497 e. The number of carbonyl (C=O) groups is 1. The molecule has 1 aromatic carbocycles. The fourth-order valence-corrected chi connectivity index (χ4v) is 1.66. The van der Waals surface area contributed by atoms with E-state index in [0.29, 0.717) is 6.54 Å². The molecule has 1 aromatic rings. The Bertz CT molecular complexity index is 390. The molecule has 0 N–H and O–H groups in total. The lowest BCUT2D eigenvalue weighted by molar-refractivity contribution is -0.148. The molecule has 0 fully saturated rings. The van der Waals surface area contributed by atoms with Gasteiger partial charge >= 0.3 is 5.97 Å². The zero-order valence-corrected chi connectivity index (χ0v) is 11.5. The quantitative estimate of drug-likeness (QED) is 0.726. The number of benzene rings is 1. The van der Waals surface area contributed by atoms with E-state index in [1.54, 1.807) is 7.11 Å². The fourth-order valence-electron chi connectivity index (χ4n) is 1.66. The van der Waals surface area contributed by atoms with Crippen LogP contribution in [0.3, 0.4) is 0 Å². The zero-order chi connectivity index (χ0) is 13.5. The van der Waals surface area contributed by atoms with E-state index in [9.17, 15) is 4.79 Å². The molecule has 4 nitrogen and oxygen atoms in total. The highest BCUT2D eigenvalue weighted by Crippen LogP contribution is 2.13. The Labute approximate surface area is 108 Å². The molecule has 0 bridgehead atoms. The number of ether oxygens (including phenoxy) is 2. The van der Waals surface area contributed by atoms with E-state index in [1.807, 2.05) is 50.1 Å². The van der Waals surface area contributed by atoms with Crippen LogP contribution in [0.5, 0.6) is 5.75 Å². The van der Waals surface area contributed by atoms with Crippen molar-refractivity contribution in [2.45, 2.75) is 26.5 Å². The van der Waals surface area contributed by atoms with E-state index in [-0.39, 0.29) is 18.6 Å². The third-order valence-corrected chi connectivity index (χ3v) is 2.35. The van der Waals surface area contributed by atoms with Crippen LogP contribution in [0.4, 0.5) is 0 Å². The van der Waals surface area contributed by atoms with E-state index in [0.717, 1.165) is 11.3 Å². The minimum Gasteiger partial charge on any atom is -0.497 e. The first kappa shape index (κ1) is 14.5. The van der Waals surface area contributed by atoms with E-state index < -0.39 is 0 Å². The van der Waals surface area contributed by atoms with Crippen molar-refractivity contribution in [1.82, 2.24) is 4.90 Å². The normalized spacial score (nSPS) is 10.8. The Morgan fingerprint density at radius 3 is 2.72 bits per heavy atom. The maximum atomic E-state index is 11.5. The van der Waals surface area contributed by atoms with Gasteiger partial charge in [0.25, 0.3) is 0 Å². The van der Waals surface area contributed by atoms with Gasteiger partial charge in [-0.15, -0.1) is 0 Å². The van der Waals surface area contributed by atoms with Gasteiger partial charge in [-0.1, -0.05) is 12.1 Å². The first-order valence-electron chi connectivity index (χ1n) is 6.02. The Hall–Kier alpha value is -1.55. The summed E-state index contributed by atoms with van der Waals surface area (Å²) in [5, 5.41) is 0. The van der Waals surface area contributed by atoms with E-state index in [2.05, 4.69) is 0 Å². The van der Waals surface area contributed by atoms with Gasteiger partial charge < -0.3 is 9.47 Å². The number of hydrogen-bond acceptors (Lipinski definition) is 4. The van der Waals surface area contributed by atoms with Crippen molar-refractivity contribution in [3.8, 4) is 5.75 Å². The summed E-state index contributed by atoms with van der Waals surface area (Å²) in [5.74, 6) is 0.626. The molecular formula is C14H21NO3. The molecule has 0 aliphatic rings. The van der Waals surface area contributed by atoms with Crippen molar-refractivity contribution in [1.29, 1.82) is 0 Å². The zero-order valence-electron chi connectivity index (χ0n) is 11.5. The van der Waals surface area contributed by atoms with Crippen LogP contribution in [-0.4, -0.2) is 37.7 Å². The minimum absolute atomic E-state index is 0.0669. The number of rotatable bonds is 6. The lowest BCUT2D eigenvalue weighted by Gasteiger charge is -2.17. The number of nitrogens with zero attached hydrogens (tertiary/aromatic N) is 1. The van der Waals surface area contributed by atoms with Crippen LogP contribution in [0.2, 0.25) is 0 Å². The number of likely N-dealkylation sites (N-methyl/N-ethyl adjacent to an activating group) is 1. The molecule has 0 amide bonds. The Kier molecular flexibility index (Phi) is 5.65. The van der Waals surface area contributed by atoms with Crippen molar-refractivity contribution in [3.05, 3.63) is 29.8 Å². The number of hydrogen-bond donors (Lipinski definition) is 0. The molecule has 0 radical (unpaired) electrons. The lowest BCUT2D eigenvalue weighted by Crippen LogP contribution is -2.28. The van der Waals surface area contributed by atoms with Crippen LogP contribution in [0, 0.1) is 0 Å². The average molecular weight is 251 g/mol. The summed E-state index contributed by atoms with van der Waals surface area (Å²) < 4.78 is 10.3. The highest BCUT2D eigenvalue weighted by Gasteiger charge is 2.10. The Morgan fingerprint density at radius 2 is 2.11 bits per heavy atom. The van der Waals surface area contributed by atoms with E-state index >= 15 is 0 Å². The molecule has 0 saturated carbocycles. The van der Waals surface area contributed by atoms with E-state index in [4.69, 9.17) is 9.47 Å². The maximum absolute atomic E-state index is 11.5. The van der Waals surface area contributed by atoms with Gasteiger partial charge in [-0.05, 0) is 38.6 Å². The summed E-state index contributed by atoms with van der Waals surface area (Å²) in [4.78, 5) is 13.4. The molecule has 100 valence electrons. The molecule has 0 aliphatic carbocycles. The van der Waals surface area contributed by atoms with Crippen molar-refractivity contribution < 1.29 is 14.3 Å². The highest BCUT2D eigenvalue weighted by atomic mass is 16.5. The van der Waals surface area contributed by atoms with Crippen LogP contribution in [0.15, 0.2) is 24.3 Å². The molecule has 4 heteroatoms. The van der Waals surface area contributed by atoms with Crippen molar-refractivity contribution in [2.24, 2.45) is 0 Å². The van der Waals surface area contributed by atoms with Crippen LogP contribution in [-0.2, 0) is 16.1 Å². The molecule has 0 spiro atoms. The molecule has 1 rings (SSSR count). The van der Waals surface area contributed by atoms with Gasteiger partial charge in [0.1, 0.15) is 5.75 Å². The predicted octanol–water partition coefficient (Wildman–Crippen LogP) is 2.08. The lowest BCUT2D eigenvalue weighted by atomic mass is 10.2. The van der Waals surface area contributed by atoms with Crippen LogP contribution in [0.1, 0.15) is 19.4 Å². The second-order valence-electron chi connectivity index (χ2n) is 4.56. The summed E-state index contributed by atoms with van der Waals surface area (Å²) in [6, 6.07) is 7.81. The first-order chi connectivity index (χ1) is 8.51. The smallest absolute Gasteiger partial charge is 0.320 e. The van der Waals surface area contributed by atoms with Crippen LogP contribution < -0.4 is 4.74 Å². The summed E-state index contributed by atoms with van der Waals surface area (Å²) in [6.45, 7) is 4.67. The van der Waals surface area contributed by atoms with E-state index in [1.165, 1.54) is 0 Å². The molecule has 0 saturated heterocycles. The SMILES string of the molecule is COc1cccc(CN(C)CC(=O)OC(C)C)c1. The standard InChI is InChI=1S/C14H21NO3/c1-11(2)18-14(16)10-15(3)9-12-6-5-7-13(8-12)17-4/h5-8,11H,9-10H2,1-4H3. The van der Waals surface area contributed by atoms with Gasteiger partial charge in [-0.25, -0.2) is 0 Å².